The molecule has 1 fully saturated rings. The van der Waals surface area contributed by atoms with Crippen molar-refractivity contribution in [3.63, 3.8) is 0 Å². The molecule has 1 aliphatic rings. The van der Waals surface area contributed by atoms with Crippen LogP contribution in [0.2, 0.25) is 0 Å². The van der Waals surface area contributed by atoms with Gasteiger partial charge in [0, 0.05) is 13.1 Å². The highest BCUT2D eigenvalue weighted by atomic mass is 15.4. The third-order valence-electron chi connectivity index (χ3n) is 3.89. The molecule has 0 radical (unpaired) electrons. The van der Waals surface area contributed by atoms with E-state index in [1.54, 1.807) is 0 Å². The van der Waals surface area contributed by atoms with E-state index in [-0.39, 0.29) is 0 Å². The molecule has 1 aliphatic heterocycles. The first kappa shape index (κ1) is 11.0. The van der Waals surface area contributed by atoms with E-state index in [1.807, 2.05) is 0 Å². The molecule has 0 aromatic heterocycles. The van der Waals surface area contributed by atoms with E-state index in [9.17, 15) is 0 Å². The molecule has 0 spiro atoms. The monoisotopic (exact) mass is 185 g/mol. The Morgan fingerprint density at radius 2 is 1.62 bits per heavy atom. The van der Waals surface area contributed by atoms with E-state index in [4.69, 9.17) is 0 Å². The van der Waals surface area contributed by atoms with Gasteiger partial charge < -0.3 is 4.48 Å². The summed E-state index contributed by atoms with van der Waals surface area (Å²) in [7, 11) is 2.40. The minimum atomic E-state index is 0.403. The second-order valence-corrected chi connectivity index (χ2v) is 5.45. The van der Waals surface area contributed by atoms with Crippen LogP contribution in [0.4, 0.5) is 0 Å². The molecule has 1 saturated heterocycles. The molecule has 2 heteroatoms. The Bertz CT molecular complexity index is 161. The Morgan fingerprint density at radius 3 is 1.92 bits per heavy atom. The SMILES string of the molecule is CCN1CC[N+](C)(C(C)(C)C)CC1. The smallest absolute Gasteiger partial charge is 0.0918 e. The lowest BCUT2D eigenvalue weighted by molar-refractivity contribution is -0.957. The number of quaternary nitrogens is 1. The molecule has 2 nitrogen and oxygen atoms in total. The molecule has 78 valence electrons. The lowest BCUT2D eigenvalue weighted by Gasteiger charge is -2.50. The summed E-state index contributed by atoms with van der Waals surface area (Å²) in [6.07, 6.45) is 0. The van der Waals surface area contributed by atoms with Gasteiger partial charge in [-0.1, -0.05) is 6.92 Å². The maximum atomic E-state index is 2.55. The van der Waals surface area contributed by atoms with Gasteiger partial charge in [-0.2, -0.15) is 0 Å². The molecule has 0 saturated carbocycles. The fourth-order valence-electron chi connectivity index (χ4n) is 1.93. The van der Waals surface area contributed by atoms with Crippen molar-refractivity contribution in [3.8, 4) is 0 Å². The quantitative estimate of drug-likeness (QED) is 0.561. The molecule has 0 bridgehead atoms. The van der Waals surface area contributed by atoms with Gasteiger partial charge in [-0.05, 0) is 27.3 Å². The summed E-state index contributed by atoms with van der Waals surface area (Å²) in [5, 5.41) is 0. The molecule has 0 aliphatic carbocycles. The van der Waals surface area contributed by atoms with Crippen LogP contribution in [-0.4, -0.2) is 54.7 Å². The van der Waals surface area contributed by atoms with Crippen LogP contribution in [0.1, 0.15) is 27.7 Å². The van der Waals surface area contributed by atoms with Crippen LogP contribution in [0.15, 0.2) is 0 Å². The van der Waals surface area contributed by atoms with Gasteiger partial charge in [0.05, 0.1) is 25.7 Å². The van der Waals surface area contributed by atoms with E-state index in [2.05, 4.69) is 39.6 Å². The molecular formula is C11H25N2+. The summed E-state index contributed by atoms with van der Waals surface area (Å²) in [4.78, 5) is 2.55. The number of nitrogens with zero attached hydrogens (tertiary/aromatic N) is 2. The Morgan fingerprint density at radius 1 is 1.15 bits per heavy atom. The zero-order valence-corrected chi connectivity index (χ0v) is 9.93. The summed E-state index contributed by atoms with van der Waals surface area (Å²) >= 11 is 0. The summed E-state index contributed by atoms with van der Waals surface area (Å²) in [6, 6.07) is 0. The van der Waals surface area contributed by atoms with Crippen molar-refractivity contribution in [1.29, 1.82) is 0 Å². The fraction of sp³-hybridized carbons (Fsp3) is 1.00. The Labute approximate surface area is 83.1 Å². The zero-order chi connectivity index (χ0) is 10.1. The average Bonchev–Trinajstić information content (AvgIpc) is 2.04. The van der Waals surface area contributed by atoms with Gasteiger partial charge in [0.15, 0.2) is 0 Å². The predicted molar refractivity (Wildman–Crippen MR) is 57.8 cm³/mol. The molecular weight excluding hydrogens is 160 g/mol. The van der Waals surface area contributed by atoms with Gasteiger partial charge in [0.1, 0.15) is 0 Å². The molecule has 0 aromatic carbocycles. The van der Waals surface area contributed by atoms with E-state index in [0.717, 1.165) is 0 Å². The molecule has 0 atom stereocenters. The second-order valence-electron chi connectivity index (χ2n) is 5.45. The summed E-state index contributed by atoms with van der Waals surface area (Å²) < 4.78 is 1.23. The molecule has 1 rings (SSSR count). The fourth-order valence-corrected chi connectivity index (χ4v) is 1.93. The number of hydrogen-bond donors (Lipinski definition) is 0. The van der Waals surface area contributed by atoms with Crippen molar-refractivity contribution >= 4 is 0 Å². The molecule has 0 N–H and O–H groups in total. The van der Waals surface area contributed by atoms with Gasteiger partial charge in [-0.3, -0.25) is 4.90 Å². The third kappa shape index (κ3) is 2.23. The van der Waals surface area contributed by atoms with E-state index < -0.39 is 0 Å². The minimum absolute atomic E-state index is 0.403. The van der Waals surface area contributed by atoms with E-state index >= 15 is 0 Å². The van der Waals surface area contributed by atoms with Crippen molar-refractivity contribution in [1.82, 2.24) is 4.90 Å². The van der Waals surface area contributed by atoms with Gasteiger partial charge in [-0.15, -0.1) is 0 Å². The topological polar surface area (TPSA) is 3.24 Å². The van der Waals surface area contributed by atoms with Crippen molar-refractivity contribution < 1.29 is 4.48 Å². The summed E-state index contributed by atoms with van der Waals surface area (Å²) in [5.74, 6) is 0. The van der Waals surface area contributed by atoms with E-state index in [1.165, 1.54) is 37.2 Å². The Balaban J connectivity index is 2.57. The van der Waals surface area contributed by atoms with Crippen molar-refractivity contribution in [2.24, 2.45) is 0 Å². The van der Waals surface area contributed by atoms with Crippen LogP contribution in [-0.2, 0) is 0 Å². The second kappa shape index (κ2) is 3.58. The first-order valence-corrected chi connectivity index (χ1v) is 5.46. The van der Waals surface area contributed by atoms with Crippen LogP contribution < -0.4 is 0 Å². The van der Waals surface area contributed by atoms with Crippen LogP contribution in [0.25, 0.3) is 0 Å². The van der Waals surface area contributed by atoms with Crippen molar-refractivity contribution in [2.75, 3.05) is 39.8 Å². The van der Waals surface area contributed by atoms with Gasteiger partial charge in [-0.25, -0.2) is 0 Å². The summed E-state index contributed by atoms with van der Waals surface area (Å²) in [6.45, 7) is 15.7. The highest BCUT2D eigenvalue weighted by Gasteiger charge is 2.38. The van der Waals surface area contributed by atoms with Gasteiger partial charge in [0.25, 0.3) is 0 Å². The predicted octanol–water partition coefficient (Wildman–Crippen LogP) is 1.57. The first-order valence-electron chi connectivity index (χ1n) is 5.46. The number of rotatable bonds is 1. The molecule has 13 heavy (non-hydrogen) atoms. The van der Waals surface area contributed by atoms with Crippen LogP contribution in [0.5, 0.6) is 0 Å². The zero-order valence-electron chi connectivity index (χ0n) is 9.93. The number of piperazine rings is 1. The molecule has 0 amide bonds. The van der Waals surface area contributed by atoms with Crippen LogP contribution in [0.3, 0.4) is 0 Å². The normalized spacial score (nSPS) is 24.7. The largest absolute Gasteiger partial charge is 0.320 e. The summed E-state index contributed by atoms with van der Waals surface area (Å²) in [5.41, 5.74) is 0.403. The average molecular weight is 185 g/mol. The van der Waals surface area contributed by atoms with Gasteiger partial charge in [0.2, 0.25) is 0 Å². The third-order valence-corrected chi connectivity index (χ3v) is 3.89. The maximum Gasteiger partial charge on any atom is 0.0918 e. The number of hydrogen-bond acceptors (Lipinski definition) is 1. The van der Waals surface area contributed by atoms with Crippen molar-refractivity contribution in [3.05, 3.63) is 0 Å². The highest BCUT2D eigenvalue weighted by Crippen LogP contribution is 2.23. The lowest BCUT2D eigenvalue weighted by Crippen LogP contribution is -2.65. The maximum absolute atomic E-state index is 2.55. The van der Waals surface area contributed by atoms with Crippen LogP contribution in [0, 0.1) is 0 Å². The molecule has 0 aromatic rings. The molecule has 0 unspecified atom stereocenters. The van der Waals surface area contributed by atoms with Crippen molar-refractivity contribution in [2.45, 2.75) is 33.2 Å². The first-order chi connectivity index (χ1) is 5.89. The Hall–Kier alpha value is -0.0800. The lowest BCUT2D eigenvalue weighted by atomic mass is 10.0. The van der Waals surface area contributed by atoms with Crippen LogP contribution >= 0.6 is 0 Å². The minimum Gasteiger partial charge on any atom is -0.320 e. The highest BCUT2D eigenvalue weighted by molar-refractivity contribution is 4.69. The van der Waals surface area contributed by atoms with Gasteiger partial charge >= 0.3 is 0 Å². The Kier molecular flexibility index (Phi) is 3.03. The standard InChI is InChI=1S/C11H25N2/c1-6-12-7-9-13(5,10-8-12)11(2,3)4/h6-10H2,1-5H3/q+1. The van der Waals surface area contributed by atoms with E-state index in [0.29, 0.717) is 5.54 Å². The molecule has 1 heterocycles. The number of likely N-dealkylation sites (N-methyl/N-ethyl adjacent to an activating group) is 2.